The number of nitrogens with one attached hydrogen (secondary N) is 1. The molecule has 0 saturated carbocycles. The third-order valence-corrected chi connectivity index (χ3v) is 3.89. The Kier molecular flexibility index (Phi) is 4.45. The van der Waals surface area contributed by atoms with Crippen molar-refractivity contribution in [2.24, 2.45) is 0 Å². The molecule has 2 N–H and O–H groups in total. The minimum Gasteiger partial charge on any atom is -0.478 e. The highest BCUT2D eigenvalue weighted by atomic mass is 19.1. The maximum absolute atomic E-state index is 13.8. The lowest BCUT2D eigenvalue weighted by Gasteiger charge is -2.38. The van der Waals surface area contributed by atoms with E-state index in [4.69, 9.17) is 5.11 Å². The third-order valence-electron chi connectivity index (χ3n) is 3.89. The minimum absolute atomic E-state index is 0.00465. The minimum atomic E-state index is -1.20. The van der Waals surface area contributed by atoms with Crippen LogP contribution < -0.4 is 5.32 Å². The van der Waals surface area contributed by atoms with Crippen LogP contribution in [0.15, 0.2) is 18.2 Å². The molecule has 2 amide bonds. The molecule has 0 bridgehead atoms. The standard InChI is InChI=1S/C15H19FN2O3/c1-9-4-3-5-10(2)18(9)15(21)17-13-7-6-11(14(19)20)8-12(13)16/h6-10H,3-5H2,1-2H3,(H,17,21)(H,19,20). The number of rotatable bonds is 2. The molecule has 1 aliphatic rings. The first-order valence-electron chi connectivity index (χ1n) is 7.02. The number of likely N-dealkylation sites (tertiary alicyclic amines) is 1. The molecule has 1 fully saturated rings. The number of nitrogens with zero attached hydrogens (tertiary/aromatic N) is 1. The van der Waals surface area contributed by atoms with Crippen LogP contribution >= 0.6 is 0 Å². The molecule has 0 spiro atoms. The van der Waals surface area contributed by atoms with Gasteiger partial charge < -0.3 is 15.3 Å². The summed E-state index contributed by atoms with van der Waals surface area (Å²) >= 11 is 0. The number of halogens is 1. The van der Waals surface area contributed by atoms with E-state index in [0.29, 0.717) is 0 Å². The van der Waals surface area contributed by atoms with Crippen LogP contribution in [0.5, 0.6) is 0 Å². The molecule has 21 heavy (non-hydrogen) atoms. The number of carboxylic acid groups (broad SMARTS) is 1. The zero-order valence-corrected chi connectivity index (χ0v) is 12.1. The Bertz CT molecular complexity index is 552. The van der Waals surface area contributed by atoms with Gasteiger partial charge in [-0.2, -0.15) is 0 Å². The fourth-order valence-electron chi connectivity index (χ4n) is 2.75. The predicted molar refractivity (Wildman–Crippen MR) is 77.0 cm³/mol. The van der Waals surface area contributed by atoms with Crippen LogP contribution in [-0.2, 0) is 0 Å². The van der Waals surface area contributed by atoms with E-state index in [1.54, 1.807) is 4.90 Å². The molecule has 0 aliphatic carbocycles. The first-order chi connectivity index (χ1) is 9.90. The van der Waals surface area contributed by atoms with Gasteiger partial charge in [-0.25, -0.2) is 14.0 Å². The summed E-state index contributed by atoms with van der Waals surface area (Å²) in [5.74, 6) is -1.95. The van der Waals surface area contributed by atoms with Crippen molar-refractivity contribution < 1.29 is 19.1 Å². The number of anilines is 1. The van der Waals surface area contributed by atoms with Gasteiger partial charge in [-0.05, 0) is 51.3 Å². The number of piperidine rings is 1. The van der Waals surface area contributed by atoms with Crippen molar-refractivity contribution in [1.82, 2.24) is 4.90 Å². The second kappa shape index (κ2) is 6.11. The van der Waals surface area contributed by atoms with Crippen molar-refractivity contribution in [3.8, 4) is 0 Å². The molecule has 0 aromatic heterocycles. The predicted octanol–water partition coefficient (Wildman–Crippen LogP) is 3.32. The average Bonchev–Trinajstić information content (AvgIpc) is 2.40. The van der Waals surface area contributed by atoms with Gasteiger partial charge in [0.15, 0.2) is 0 Å². The van der Waals surface area contributed by atoms with Gasteiger partial charge >= 0.3 is 12.0 Å². The zero-order valence-electron chi connectivity index (χ0n) is 12.1. The van der Waals surface area contributed by atoms with E-state index >= 15 is 0 Å². The van der Waals surface area contributed by atoms with Gasteiger partial charge in [-0.15, -0.1) is 0 Å². The fourth-order valence-corrected chi connectivity index (χ4v) is 2.75. The Morgan fingerprint density at radius 3 is 2.43 bits per heavy atom. The SMILES string of the molecule is CC1CCCC(C)N1C(=O)Nc1ccc(C(=O)O)cc1F. The zero-order chi connectivity index (χ0) is 15.6. The molecule has 1 saturated heterocycles. The average molecular weight is 294 g/mol. The number of amides is 2. The summed E-state index contributed by atoms with van der Waals surface area (Å²) < 4.78 is 13.8. The summed E-state index contributed by atoms with van der Waals surface area (Å²) in [6.07, 6.45) is 2.93. The maximum Gasteiger partial charge on any atom is 0.335 e. The Morgan fingerprint density at radius 2 is 1.90 bits per heavy atom. The van der Waals surface area contributed by atoms with Crippen molar-refractivity contribution in [1.29, 1.82) is 0 Å². The lowest BCUT2D eigenvalue weighted by Crippen LogP contribution is -2.49. The summed E-state index contributed by atoms with van der Waals surface area (Å²) in [5, 5.41) is 11.3. The quantitative estimate of drug-likeness (QED) is 0.879. The van der Waals surface area contributed by atoms with Crippen LogP contribution in [-0.4, -0.2) is 34.1 Å². The van der Waals surface area contributed by atoms with E-state index in [1.165, 1.54) is 12.1 Å². The maximum atomic E-state index is 13.8. The van der Waals surface area contributed by atoms with Crippen LogP contribution in [0.2, 0.25) is 0 Å². The van der Waals surface area contributed by atoms with Gasteiger partial charge in [-0.1, -0.05) is 0 Å². The van der Waals surface area contributed by atoms with Gasteiger partial charge in [-0.3, -0.25) is 0 Å². The molecule has 2 rings (SSSR count). The number of carboxylic acids is 1. The molecule has 114 valence electrons. The van der Waals surface area contributed by atoms with E-state index in [-0.39, 0.29) is 29.4 Å². The largest absolute Gasteiger partial charge is 0.478 e. The van der Waals surface area contributed by atoms with Gasteiger partial charge in [0, 0.05) is 12.1 Å². The fraction of sp³-hybridized carbons (Fsp3) is 0.467. The highest BCUT2D eigenvalue weighted by Crippen LogP contribution is 2.24. The molecule has 1 aliphatic heterocycles. The van der Waals surface area contributed by atoms with Crippen LogP contribution in [0.3, 0.4) is 0 Å². The molecule has 6 heteroatoms. The highest BCUT2D eigenvalue weighted by Gasteiger charge is 2.29. The van der Waals surface area contributed by atoms with E-state index in [2.05, 4.69) is 5.32 Å². The molecule has 0 radical (unpaired) electrons. The summed E-state index contributed by atoms with van der Waals surface area (Å²) in [6.45, 7) is 3.94. The number of hydrogen-bond acceptors (Lipinski definition) is 2. The Labute approximate surface area is 122 Å². The molecule has 1 heterocycles. The lowest BCUT2D eigenvalue weighted by atomic mass is 9.98. The second-order valence-corrected chi connectivity index (χ2v) is 5.47. The van der Waals surface area contributed by atoms with E-state index in [1.807, 2.05) is 13.8 Å². The Balaban J connectivity index is 2.14. The molecule has 5 nitrogen and oxygen atoms in total. The van der Waals surface area contributed by atoms with Crippen molar-refractivity contribution in [2.45, 2.75) is 45.2 Å². The van der Waals surface area contributed by atoms with Crippen LogP contribution in [0.25, 0.3) is 0 Å². The Morgan fingerprint density at radius 1 is 1.29 bits per heavy atom. The van der Waals surface area contributed by atoms with Gasteiger partial charge in [0.05, 0.1) is 11.3 Å². The third kappa shape index (κ3) is 3.32. The summed E-state index contributed by atoms with van der Waals surface area (Å²) in [4.78, 5) is 24.8. The number of aromatic carboxylic acids is 1. The van der Waals surface area contributed by atoms with Crippen molar-refractivity contribution in [3.63, 3.8) is 0 Å². The summed E-state index contributed by atoms with van der Waals surface area (Å²) in [6, 6.07) is 3.31. The van der Waals surface area contributed by atoms with Crippen LogP contribution in [0.1, 0.15) is 43.5 Å². The van der Waals surface area contributed by atoms with Gasteiger partial charge in [0.2, 0.25) is 0 Å². The first kappa shape index (κ1) is 15.3. The second-order valence-electron chi connectivity index (χ2n) is 5.47. The smallest absolute Gasteiger partial charge is 0.335 e. The lowest BCUT2D eigenvalue weighted by molar-refractivity contribution is 0.0696. The topological polar surface area (TPSA) is 69.6 Å². The number of benzene rings is 1. The molecular formula is C15H19FN2O3. The number of urea groups is 1. The first-order valence-corrected chi connectivity index (χ1v) is 7.02. The number of carbonyl (C=O) groups excluding carboxylic acids is 1. The van der Waals surface area contributed by atoms with E-state index in [0.717, 1.165) is 25.3 Å². The van der Waals surface area contributed by atoms with Crippen molar-refractivity contribution in [3.05, 3.63) is 29.6 Å². The number of carbonyl (C=O) groups is 2. The van der Waals surface area contributed by atoms with E-state index in [9.17, 15) is 14.0 Å². The molecule has 1 aromatic carbocycles. The van der Waals surface area contributed by atoms with Crippen LogP contribution in [0, 0.1) is 5.82 Å². The molecule has 2 atom stereocenters. The summed E-state index contributed by atoms with van der Waals surface area (Å²) in [7, 11) is 0. The molecule has 1 aromatic rings. The molecule has 2 unspecified atom stereocenters. The van der Waals surface area contributed by atoms with Gasteiger partial charge in [0.25, 0.3) is 0 Å². The van der Waals surface area contributed by atoms with Gasteiger partial charge in [0.1, 0.15) is 5.82 Å². The Hall–Kier alpha value is -2.11. The summed E-state index contributed by atoms with van der Waals surface area (Å²) in [5.41, 5.74) is -0.153. The van der Waals surface area contributed by atoms with Crippen LogP contribution in [0.4, 0.5) is 14.9 Å². The van der Waals surface area contributed by atoms with Crippen molar-refractivity contribution >= 4 is 17.7 Å². The monoisotopic (exact) mass is 294 g/mol. The van der Waals surface area contributed by atoms with Crippen molar-refractivity contribution in [2.75, 3.05) is 5.32 Å². The normalized spacial score (nSPS) is 22.0. The number of hydrogen-bond donors (Lipinski definition) is 2. The van der Waals surface area contributed by atoms with E-state index < -0.39 is 11.8 Å². The molecular weight excluding hydrogens is 275 g/mol. The highest BCUT2D eigenvalue weighted by molar-refractivity contribution is 5.92.